The number of nitrogens with zero attached hydrogens (tertiary/aromatic N) is 2. The van der Waals surface area contributed by atoms with Crippen molar-refractivity contribution in [3.63, 3.8) is 0 Å². The molecule has 0 unspecified atom stereocenters. The van der Waals surface area contributed by atoms with Gasteiger partial charge >= 0.3 is 0 Å². The second-order valence-electron chi connectivity index (χ2n) is 3.70. The average Bonchev–Trinajstić information content (AvgIpc) is 2.76. The molecule has 0 saturated carbocycles. The Balaban J connectivity index is 1.81. The smallest absolute Gasteiger partial charge is 0.223 e. The van der Waals surface area contributed by atoms with E-state index in [2.05, 4.69) is 10.1 Å². The molecule has 0 bridgehead atoms. The molecule has 1 N–H and O–H groups in total. The fraction of sp³-hybridized carbons (Fsp3) is 0.333. The lowest BCUT2D eigenvalue weighted by Crippen LogP contribution is -1.87. The normalized spacial score (nSPS) is 10.7. The second-order valence-corrected chi connectivity index (χ2v) is 4.68. The fourth-order valence-corrected chi connectivity index (χ4v) is 2.23. The maximum Gasteiger partial charge on any atom is 0.223 e. The maximum atomic E-state index is 8.92. The van der Waals surface area contributed by atoms with E-state index < -0.39 is 0 Å². The van der Waals surface area contributed by atoms with Crippen molar-refractivity contribution in [3.05, 3.63) is 47.1 Å². The fourth-order valence-electron chi connectivity index (χ4n) is 1.40. The third-order valence-electron chi connectivity index (χ3n) is 2.28. The lowest BCUT2D eigenvalue weighted by Gasteiger charge is -2.01. The quantitative estimate of drug-likeness (QED) is 0.882. The van der Waals surface area contributed by atoms with Gasteiger partial charge in [-0.25, -0.2) is 0 Å². The topological polar surface area (TPSA) is 59.2 Å². The van der Waals surface area contributed by atoms with Crippen LogP contribution in [0, 0.1) is 6.92 Å². The first-order valence-electron chi connectivity index (χ1n) is 5.33. The molecule has 0 spiro atoms. The van der Waals surface area contributed by atoms with E-state index in [-0.39, 0.29) is 6.61 Å². The van der Waals surface area contributed by atoms with Crippen molar-refractivity contribution >= 4 is 11.8 Å². The molecule has 4 nitrogen and oxygen atoms in total. The Morgan fingerprint density at radius 1 is 1.18 bits per heavy atom. The van der Waals surface area contributed by atoms with Crippen LogP contribution in [-0.4, -0.2) is 15.2 Å². The largest absolute Gasteiger partial charge is 0.392 e. The van der Waals surface area contributed by atoms with Crippen molar-refractivity contribution in [1.82, 2.24) is 10.1 Å². The summed E-state index contributed by atoms with van der Waals surface area (Å²) in [5.41, 5.74) is 2.17. The average molecular weight is 250 g/mol. The van der Waals surface area contributed by atoms with E-state index in [9.17, 15) is 0 Å². The molecule has 0 radical (unpaired) electrons. The van der Waals surface area contributed by atoms with Crippen LogP contribution in [-0.2, 0) is 18.1 Å². The number of hydrogen-bond acceptors (Lipinski definition) is 5. The van der Waals surface area contributed by atoms with Crippen molar-refractivity contribution in [2.24, 2.45) is 0 Å². The van der Waals surface area contributed by atoms with Gasteiger partial charge in [-0.15, -0.1) is 11.8 Å². The molecule has 0 fully saturated rings. The SMILES string of the molecule is Cc1nc(CSCc2ccc(CO)cc2)no1. The molecule has 1 aromatic carbocycles. The number of rotatable bonds is 5. The summed E-state index contributed by atoms with van der Waals surface area (Å²) in [5, 5.41) is 12.8. The van der Waals surface area contributed by atoms with E-state index in [1.54, 1.807) is 18.7 Å². The summed E-state index contributed by atoms with van der Waals surface area (Å²) in [6.45, 7) is 1.88. The van der Waals surface area contributed by atoms with Crippen LogP contribution in [0.15, 0.2) is 28.8 Å². The Labute approximate surface area is 104 Å². The number of aliphatic hydroxyl groups excluding tert-OH is 1. The van der Waals surface area contributed by atoms with E-state index >= 15 is 0 Å². The van der Waals surface area contributed by atoms with Crippen LogP contribution >= 0.6 is 11.8 Å². The summed E-state index contributed by atoms with van der Waals surface area (Å²) >= 11 is 1.74. The number of aliphatic hydroxyl groups is 1. The van der Waals surface area contributed by atoms with Gasteiger partial charge in [-0.1, -0.05) is 29.4 Å². The van der Waals surface area contributed by atoms with Gasteiger partial charge in [0.1, 0.15) is 0 Å². The molecule has 2 rings (SSSR count). The minimum absolute atomic E-state index is 0.0928. The third kappa shape index (κ3) is 3.57. The van der Waals surface area contributed by atoms with E-state index in [1.165, 1.54) is 5.56 Å². The van der Waals surface area contributed by atoms with Crippen LogP contribution in [0.2, 0.25) is 0 Å². The van der Waals surface area contributed by atoms with Crippen molar-refractivity contribution in [1.29, 1.82) is 0 Å². The molecule has 0 aliphatic carbocycles. The Kier molecular flexibility index (Phi) is 4.17. The highest BCUT2D eigenvalue weighted by Gasteiger charge is 2.02. The van der Waals surface area contributed by atoms with Gasteiger partial charge in [0.2, 0.25) is 5.89 Å². The summed E-state index contributed by atoms with van der Waals surface area (Å²) in [6, 6.07) is 7.93. The van der Waals surface area contributed by atoms with Gasteiger partial charge in [-0.2, -0.15) is 4.98 Å². The van der Waals surface area contributed by atoms with Crippen LogP contribution < -0.4 is 0 Å². The molecular formula is C12H14N2O2S. The van der Waals surface area contributed by atoms with Crippen molar-refractivity contribution in [3.8, 4) is 0 Å². The Morgan fingerprint density at radius 3 is 2.47 bits per heavy atom. The predicted octanol–water partition coefficient (Wildman–Crippen LogP) is 2.30. The highest BCUT2D eigenvalue weighted by molar-refractivity contribution is 7.97. The van der Waals surface area contributed by atoms with Crippen LogP contribution in [0.25, 0.3) is 0 Å². The molecule has 0 saturated heterocycles. The van der Waals surface area contributed by atoms with Gasteiger partial charge < -0.3 is 9.63 Å². The van der Waals surface area contributed by atoms with Gasteiger partial charge in [0, 0.05) is 12.7 Å². The number of thioether (sulfide) groups is 1. The second kappa shape index (κ2) is 5.84. The molecule has 5 heteroatoms. The zero-order valence-corrected chi connectivity index (χ0v) is 10.4. The maximum absolute atomic E-state index is 8.92. The van der Waals surface area contributed by atoms with E-state index in [1.807, 2.05) is 24.3 Å². The monoisotopic (exact) mass is 250 g/mol. The molecule has 90 valence electrons. The Hall–Kier alpha value is -1.33. The summed E-state index contributed by atoms with van der Waals surface area (Å²) in [4.78, 5) is 4.14. The predicted molar refractivity (Wildman–Crippen MR) is 66.4 cm³/mol. The van der Waals surface area contributed by atoms with E-state index in [4.69, 9.17) is 9.63 Å². The molecule has 0 aliphatic rings. The van der Waals surface area contributed by atoms with Crippen molar-refractivity contribution in [2.45, 2.75) is 25.0 Å². The van der Waals surface area contributed by atoms with Gasteiger partial charge in [0.25, 0.3) is 0 Å². The van der Waals surface area contributed by atoms with Gasteiger partial charge in [0.05, 0.1) is 12.4 Å². The molecule has 0 atom stereocenters. The van der Waals surface area contributed by atoms with E-state index in [0.717, 1.165) is 22.9 Å². The molecule has 1 aromatic heterocycles. The minimum Gasteiger partial charge on any atom is -0.392 e. The Bertz CT molecular complexity index is 468. The first-order valence-corrected chi connectivity index (χ1v) is 6.49. The number of aromatic nitrogens is 2. The standard InChI is InChI=1S/C12H14N2O2S/c1-9-13-12(14-16-9)8-17-7-11-4-2-10(6-15)3-5-11/h2-5,15H,6-8H2,1H3. The highest BCUT2D eigenvalue weighted by atomic mass is 32.2. The first kappa shape index (κ1) is 12.1. The molecule has 0 amide bonds. The van der Waals surface area contributed by atoms with E-state index in [0.29, 0.717) is 5.89 Å². The number of aryl methyl sites for hydroxylation is 1. The minimum atomic E-state index is 0.0928. The van der Waals surface area contributed by atoms with Crippen molar-refractivity contribution < 1.29 is 9.63 Å². The third-order valence-corrected chi connectivity index (χ3v) is 3.27. The van der Waals surface area contributed by atoms with Crippen LogP contribution in [0.4, 0.5) is 0 Å². The molecule has 2 aromatic rings. The zero-order chi connectivity index (χ0) is 12.1. The summed E-state index contributed by atoms with van der Waals surface area (Å²) < 4.78 is 4.90. The van der Waals surface area contributed by atoms with Crippen LogP contribution in [0.5, 0.6) is 0 Å². The van der Waals surface area contributed by atoms with Gasteiger partial charge in [-0.05, 0) is 11.1 Å². The first-order chi connectivity index (χ1) is 8.28. The van der Waals surface area contributed by atoms with Crippen molar-refractivity contribution in [2.75, 3.05) is 0 Å². The molecular weight excluding hydrogens is 236 g/mol. The van der Waals surface area contributed by atoms with Crippen LogP contribution in [0.1, 0.15) is 22.8 Å². The summed E-state index contributed by atoms with van der Waals surface area (Å²) in [5.74, 6) is 2.99. The molecule has 17 heavy (non-hydrogen) atoms. The highest BCUT2D eigenvalue weighted by Crippen LogP contribution is 2.16. The molecule has 1 heterocycles. The lowest BCUT2D eigenvalue weighted by atomic mass is 10.2. The summed E-state index contributed by atoms with van der Waals surface area (Å²) in [7, 11) is 0. The molecule has 0 aliphatic heterocycles. The Morgan fingerprint density at radius 2 is 1.88 bits per heavy atom. The summed E-state index contributed by atoms with van der Waals surface area (Å²) in [6.07, 6.45) is 0. The van der Waals surface area contributed by atoms with Crippen LogP contribution in [0.3, 0.4) is 0 Å². The zero-order valence-electron chi connectivity index (χ0n) is 9.59. The van der Waals surface area contributed by atoms with Gasteiger partial charge in [0.15, 0.2) is 5.82 Å². The van der Waals surface area contributed by atoms with Gasteiger partial charge in [-0.3, -0.25) is 0 Å². The number of hydrogen-bond donors (Lipinski definition) is 1. The lowest BCUT2D eigenvalue weighted by molar-refractivity contribution is 0.282. The number of benzene rings is 1.